The summed E-state index contributed by atoms with van der Waals surface area (Å²) in [5, 5.41) is 20.9. The van der Waals surface area contributed by atoms with E-state index < -0.39 is 22.0 Å². The van der Waals surface area contributed by atoms with E-state index in [-0.39, 0.29) is 12.4 Å². The SMILES string of the molecule is COc1cc(/C=C\c2nc(O)c([N+](=O)[O-])c(=O)[nH]2)ccc1OCc1ccccc1Cl. The molecule has 0 saturated heterocycles. The Morgan fingerprint density at radius 2 is 2.00 bits per heavy atom. The first-order chi connectivity index (χ1) is 14.4. The molecule has 0 saturated carbocycles. The quantitative estimate of drug-likeness (QED) is 0.432. The van der Waals surface area contributed by atoms with Crippen LogP contribution in [-0.2, 0) is 6.61 Å². The van der Waals surface area contributed by atoms with Crippen molar-refractivity contribution in [1.82, 2.24) is 9.97 Å². The van der Waals surface area contributed by atoms with Crippen LogP contribution in [0.5, 0.6) is 17.4 Å². The fourth-order valence-electron chi connectivity index (χ4n) is 2.57. The first-order valence-electron chi connectivity index (χ1n) is 8.59. The maximum Gasteiger partial charge on any atom is 0.395 e. The van der Waals surface area contributed by atoms with Crippen molar-refractivity contribution in [2.45, 2.75) is 6.61 Å². The van der Waals surface area contributed by atoms with Crippen molar-refractivity contribution in [3.63, 3.8) is 0 Å². The molecule has 9 nitrogen and oxygen atoms in total. The Labute approximate surface area is 175 Å². The Hall–Kier alpha value is -3.85. The van der Waals surface area contributed by atoms with E-state index >= 15 is 0 Å². The van der Waals surface area contributed by atoms with Crippen molar-refractivity contribution in [3.05, 3.63) is 84.9 Å². The molecule has 154 valence electrons. The van der Waals surface area contributed by atoms with E-state index in [0.717, 1.165) is 5.56 Å². The molecule has 0 fully saturated rings. The third-order valence-electron chi connectivity index (χ3n) is 4.04. The van der Waals surface area contributed by atoms with E-state index in [0.29, 0.717) is 22.1 Å². The van der Waals surface area contributed by atoms with E-state index in [1.165, 1.54) is 13.2 Å². The van der Waals surface area contributed by atoms with Crippen LogP contribution in [0.3, 0.4) is 0 Å². The van der Waals surface area contributed by atoms with Gasteiger partial charge in [-0.25, -0.2) is 0 Å². The molecule has 1 aromatic heterocycles. The summed E-state index contributed by atoms with van der Waals surface area (Å²) >= 11 is 6.13. The third-order valence-corrected chi connectivity index (χ3v) is 4.41. The van der Waals surface area contributed by atoms with Crippen molar-refractivity contribution in [2.24, 2.45) is 0 Å². The molecule has 0 aliphatic heterocycles. The number of hydrogen-bond acceptors (Lipinski definition) is 7. The van der Waals surface area contributed by atoms with Gasteiger partial charge in [-0.3, -0.25) is 14.9 Å². The first-order valence-corrected chi connectivity index (χ1v) is 8.97. The molecule has 0 atom stereocenters. The summed E-state index contributed by atoms with van der Waals surface area (Å²) in [6, 6.07) is 12.5. The first kappa shape index (κ1) is 20.9. The van der Waals surface area contributed by atoms with Gasteiger partial charge in [-0.2, -0.15) is 4.98 Å². The van der Waals surface area contributed by atoms with Crippen LogP contribution in [0.25, 0.3) is 12.2 Å². The van der Waals surface area contributed by atoms with Crippen LogP contribution in [0.15, 0.2) is 47.3 Å². The molecule has 10 heteroatoms. The Morgan fingerprint density at radius 1 is 1.23 bits per heavy atom. The molecular weight excluding hydrogens is 414 g/mol. The van der Waals surface area contributed by atoms with Crippen LogP contribution in [-0.4, -0.2) is 27.1 Å². The summed E-state index contributed by atoms with van der Waals surface area (Å²) in [5.74, 6) is -0.0169. The highest BCUT2D eigenvalue weighted by Gasteiger charge is 2.21. The number of rotatable bonds is 7. The molecule has 0 radical (unpaired) electrons. The Kier molecular flexibility index (Phi) is 6.33. The van der Waals surface area contributed by atoms with Gasteiger partial charge in [-0.05, 0) is 29.8 Å². The number of aromatic nitrogens is 2. The number of nitro groups is 1. The highest BCUT2D eigenvalue weighted by atomic mass is 35.5. The maximum absolute atomic E-state index is 11.7. The molecule has 3 rings (SSSR count). The fraction of sp³-hybridized carbons (Fsp3) is 0.100. The zero-order valence-corrected chi connectivity index (χ0v) is 16.4. The van der Waals surface area contributed by atoms with Gasteiger partial charge in [-0.1, -0.05) is 41.9 Å². The molecular formula is C20H16ClN3O6. The third kappa shape index (κ3) is 4.76. The van der Waals surface area contributed by atoms with Gasteiger partial charge in [-0.15, -0.1) is 0 Å². The van der Waals surface area contributed by atoms with Gasteiger partial charge in [0.2, 0.25) is 0 Å². The van der Waals surface area contributed by atoms with Crippen LogP contribution >= 0.6 is 11.6 Å². The van der Waals surface area contributed by atoms with Gasteiger partial charge in [0.25, 0.3) is 5.88 Å². The molecule has 1 heterocycles. The summed E-state index contributed by atoms with van der Waals surface area (Å²) in [4.78, 5) is 27.3. The minimum absolute atomic E-state index is 0.0406. The lowest BCUT2D eigenvalue weighted by molar-refractivity contribution is -0.387. The molecule has 2 N–H and O–H groups in total. The second-order valence-electron chi connectivity index (χ2n) is 6.00. The number of nitrogens with zero attached hydrogens (tertiary/aromatic N) is 2. The molecule has 2 aromatic carbocycles. The van der Waals surface area contributed by atoms with Gasteiger partial charge in [0.15, 0.2) is 11.5 Å². The van der Waals surface area contributed by atoms with Crippen molar-refractivity contribution in [2.75, 3.05) is 7.11 Å². The molecule has 0 spiro atoms. The monoisotopic (exact) mass is 429 g/mol. The molecule has 30 heavy (non-hydrogen) atoms. The van der Waals surface area contributed by atoms with Crippen LogP contribution < -0.4 is 15.0 Å². The lowest BCUT2D eigenvalue weighted by Gasteiger charge is -2.12. The highest BCUT2D eigenvalue weighted by molar-refractivity contribution is 6.31. The average molecular weight is 430 g/mol. The van der Waals surface area contributed by atoms with Gasteiger partial charge < -0.3 is 19.6 Å². The van der Waals surface area contributed by atoms with Crippen LogP contribution in [0, 0.1) is 10.1 Å². The van der Waals surface area contributed by atoms with Crippen molar-refractivity contribution in [1.29, 1.82) is 0 Å². The number of aromatic amines is 1. The summed E-state index contributed by atoms with van der Waals surface area (Å²) in [6.45, 7) is 0.262. The van der Waals surface area contributed by atoms with Gasteiger partial charge >= 0.3 is 11.2 Å². The number of hydrogen-bond donors (Lipinski definition) is 2. The Morgan fingerprint density at radius 3 is 2.67 bits per heavy atom. The van der Waals surface area contributed by atoms with Crippen LogP contribution in [0.1, 0.15) is 17.0 Å². The molecule has 0 bridgehead atoms. The summed E-state index contributed by atoms with van der Waals surface area (Å²) in [6.07, 6.45) is 2.98. The maximum atomic E-state index is 11.7. The van der Waals surface area contributed by atoms with E-state index in [2.05, 4.69) is 9.97 Å². The largest absolute Gasteiger partial charge is 0.493 e. The highest BCUT2D eigenvalue weighted by Crippen LogP contribution is 2.30. The predicted octanol–water partition coefficient (Wildman–Crippen LogP) is 3.80. The van der Waals surface area contributed by atoms with E-state index in [1.54, 1.807) is 30.3 Å². The Balaban J connectivity index is 1.79. The lowest BCUT2D eigenvalue weighted by Crippen LogP contribution is -2.14. The van der Waals surface area contributed by atoms with E-state index in [4.69, 9.17) is 21.1 Å². The van der Waals surface area contributed by atoms with E-state index in [9.17, 15) is 20.0 Å². The lowest BCUT2D eigenvalue weighted by atomic mass is 10.2. The topological polar surface area (TPSA) is 128 Å². The standard InChI is InChI=1S/C20H16ClN3O6/c1-29-16-10-12(6-8-15(16)30-11-13-4-2-3-5-14(13)21)7-9-17-22-19(25)18(24(27)28)20(26)23-17/h2-10H,11H2,1H3,(H2,22,23,25,26)/b9-7-. The number of ether oxygens (including phenoxy) is 2. The minimum Gasteiger partial charge on any atom is -0.493 e. The number of benzene rings is 2. The summed E-state index contributed by atoms with van der Waals surface area (Å²) in [5.41, 5.74) is -0.544. The smallest absolute Gasteiger partial charge is 0.395 e. The molecule has 0 amide bonds. The van der Waals surface area contributed by atoms with Gasteiger partial charge in [0.05, 0.1) is 12.0 Å². The van der Waals surface area contributed by atoms with Crippen molar-refractivity contribution >= 4 is 29.4 Å². The molecule has 0 aliphatic rings. The fourth-order valence-corrected chi connectivity index (χ4v) is 2.76. The predicted molar refractivity (Wildman–Crippen MR) is 111 cm³/mol. The minimum atomic E-state index is -1.05. The number of nitrogens with one attached hydrogen (secondary N) is 1. The van der Waals surface area contributed by atoms with Gasteiger partial charge in [0.1, 0.15) is 12.4 Å². The zero-order valence-electron chi connectivity index (χ0n) is 15.7. The number of H-pyrrole nitrogens is 1. The number of methoxy groups -OCH3 is 1. The van der Waals surface area contributed by atoms with Gasteiger partial charge in [0, 0.05) is 10.6 Å². The van der Waals surface area contributed by atoms with Crippen LogP contribution in [0.4, 0.5) is 5.69 Å². The number of aromatic hydroxyl groups is 1. The molecule has 3 aromatic rings. The molecule has 0 unspecified atom stereocenters. The van der Waals surface area contributed by atoms with Crippen molar-refractivity contribution < 1.29 is 19.5 Å². The molecule has 0 aliphatic carbocycles. The number of halogens is 1. The second kappa shape index (κ2) is 9.10. The second-order valence-corrected chi connectivity index (χ2v) is 6.41. The normalized spacial score (nSPS) is 10.9. The zero-order chi connectivity index (χ0) is 21.7. The van der Waals surface area contributed by atoms with Crippen LogP contribution in [0.2, 0.25) is 5.02 Å². The Bertz CT molecular complexity index is 1180. The van der Waals surface area contributed by atoms with Crippen molar-refractivity contribution in [3.8, 4) is 17.4 Å². The summed E-state index contributed by atoms with van der Waals surface area (Å²) < 4.78 is 11.1. The van der Waals surface area contributed by atoms with E-state index in [1.807, 2.05) is 18.2 Å². The average Bonchev–Trinajstić information content (AvgIpc) is 2.71. The summed E-state index contributed by atoms with van der Waals surface area (Å²) in [7, 11) is 1.50.